The lowest BCUT2D eigenvalue weighted by atomic mass is 10.2. The second-order valence-electron chi connectivity index (χ2n) is 17.8. The molecule has 0 unspecified atom stereocenters. The van der Waals surface area contributed by atoms with Crippen molar-refractivity contribution in [2.75, 3.05) is 224 Å². The van der Waals surface area contributed by atoms with Crippen molar-refractivity contribution in [3.8, 4) is 0 Å². The summed E-state index contributed by atoms with van der Waals surface area (Å²) in [6.07, 6.45) is 1.28. The zero-order chi connectivity index (χ0) is 52.1. The van der Waals surface area contributed by atoms with Gasteiger partial charge in [-0.3, -0.25) is 38.8 Å². The molecule has 0 spiro atoms. The molecule has 3 amide bonds. The van der Waals surface area contributed by atoms with Gasteiger partial charge in [0.15, 0.2) is 0 Å². The molecule has 0 aromatic carbocycles. The fraction of sp³-hybridized carbons (Fsp3) is 0.894. The normalized spacial score (nSPS) is 15.0. The standard InChI is InChI=1S/C47H94N10O14/c1-47(2,3)71-46(62)53-13-29-70-35-31-64-23-5-7-43(59)39-55-15-14-54(38-42(58)6-4-22-63-30-32-65-24-8-48)16-18-56(40-44(60)51-11-27-68-36-33-66-25-9-49)20-21-57(19-17-55)41-45(61)52-12-28-69-37-34-67-26-10-50/h4-41,48-50H2,1-3H3,(H,51,60)(H,52,61)(H,53,62). The number of hydrogen-bond acceptors (Lipinski definition) is 21. The largest absolute Gasteiger partial charge is 0.444 e. The average molecular weight is 1020 g/mol. The molecule has 9 N–H and O–H groups in total. The summed E-state index contributed by atoms with van der Waals surface area (Å²) < 4.78 is 49.2. The Morgan fingerprint density at radius 2 is 0.676 bits per heavy atom. The van der Waals surface area contributed by atoms with Gasteiger partial charge in [0.05, 0.1) is 119 Å². The maximum Gasteiger partial charge on any atom is 0.407 e. The molecule has 416 valence electrons. The van der Waals surface area contributed by atoms with E-state index in [9.17, 15) is 24.0 Å². The van der Waals surface area contributed by atoms with Crippen molar-refractivity contribution < 1.29 is 66.6 Å². The Morgan fingerprint density at radius 1 is 0.394 bits per heavy atom. The van der Waals surface area contributed by atoms with Crippen LogP contribution in [0.15, 0.2) is 0 Å². The van der Waals surface area contributed by atoms with Gasteiger partial charge in [0.1, 0.15) is 17.2 Å². The lowest BCUT2D eigenvalue weighted by molar-refractivity contribution is -0.124. The smallest absolute Gasteiger partial charge is 0.407 e. The lowest BCUT2D eigenvalue weighted by Crippen LogP contribution is -2.50. The Kier molecular flexibility index (Phi) is 42.3. The highest BCUT2D eigenvalue weighted by Gasteiger charge is 2.22. The van der Waals surface area contributed by atoms with Crippen LogP contribution in [-0.2, 0) is 61.8 Å². The Balaban J connectivity index is 2.95. The van der Waals surface area contributed by atoms with Crippen molar-refractivity contribution in [1.29, 1.82) is 0 Å². The number of hydrogen-bond donors (Lipinski definition) is 6. The second kappa shape index (κ2) is 45.6. The fourth-order valence-corrected chi connectivity index (χ4v) is 6.73. The summed E-state index contributed by atoms with van der Waals surface area (Å²) in [5.41, 5.74) is 15.8. The van der Waals surface area contributed by atoms with Gasteiger partial charge in [0.25, 0.3) is 0 Å². The van der Waals surface area contributed by atoms with Gasteiger partial charge >= 0.3 is 6.09 Å². The Labute approximate surface area is 423 Å². The van der Waals surface area contributed by atoms with Gasteiger partial charge in [0, 0.05) is 118 Å². The van der Waals surface area contributed by atoms with Gasteiger partial charge in [-0.1, -0.05) is 0 Å². The zero-order valence-electron chi connectivity index (χ0n) is 43.6. The summed E-state index contributed by atoms with van der Waals surface area (Å²) in [6, 6.07) is 0. The third-order valence-electron chi connectivity index (χ3n) is 10.3. The fourth-order valence-electron chi connectivity index (χ4n) is 6.73. The zero-order valence-corrected chi connectivity index (χ0v) is 43.6. The number of alkyl carbamates (subject to hydrolysis) is 1. The quantitative estimate of drug-likeness (QED) is 0.0349. The van der Waals surface area contributed by atoms with Crippen molar-refractivity contribution in [3.63, 3.8) is 0 Å². The third kappa shape index (κ3) is 43.1. The highest BCUT2D eigenvalue weighted by molar-refractivity contribution is 5.81. The van der Waals surface area contributed by atoms with Crippen LogP contribution in [0.3, 0.4) is 0 Å². The number of carbonyl (C=O) groups is 5. The topological polar surface area (TPSA) is 296 Å². The Hall–Kier alpha value is -3.05. The molecule has 0 saturated carbocycles. The first-order valence-corrected chi connectivity index (χ1v) is 25.5. The van der Waals surface area contributed by atoms with Gasteiger partial charge in [-0.25, -0.2) is 4.79 Å². The lowest BCUT2D eigenvalue weighted by Gasteiger charge is -2.33. The van der Waals surface area contributed by atoms with Gasteiger partial charge < -0.3 is 75.8 Å². The van der Waals surface area contributed by atoms with E-state index >= 15 is 0 Å². The summed E-state index contributed by atoms with van der Waals surface area (Å²) >= 11 is 0. The van der Waals surface area contributed by atoms with Crippen LogP contribution in [0.2, 0.25) is 0 Å². The number of nitrogens with zero attached hydrogens (tertiary/aromatic N) is 4. The third-order valence-corrected chi connectivity index (χ3v) is 10.3. The van der Waals surface area contributed by atoms with E-state index < -0.39 is 11.7 Å². The molecule has 0 aliphatic carbocycles. The number of rotatable bonds is 43. The van der Waals surface area contributed by atoms with E-state index in [0.717, 1.165) is 0 Å². The van der Waals surface area contributed by atoms with Crippen molar-refractivity contribution >= 4 is 29.5 Å². The summed E-state index contributed by atoms with van der Waals surface area (Å²) in [4.78, 5) is 73.3. The molecule has 0 aromatic rings. The molecule has 0 atom stereocenters. The van der Waals surface area contributed by atoms with Crippen LogP contribution >= 0.6 is 0 Å². The van der Waals surface area contributed by atoms with Gasteiger partial charge in [-0.05, 0) is 33.6 Å². The van der Waals surface area contributed by atoms with Crippen molar-refractivity contribution in [1.82, 2.24) is 35.6 Å². The van der Waals surface area contributed by atoms with Crippen molar-refractivity contribution in [2.45, 2.75) is 52.1 Å². The number of Topliss-reactive ketones (excluding diaryl/α,β-unsaturated/α-hetero) is 2. The summed E-state index contributed by atoms with van der Waals surface area (Å²) in [6.45, 7) is 18.6. The first kappa shape index (κ1) is 66.0. The molecule has 1 fully saturated rings. The molecule has 0 bridgehead atoms. The minimum absolute atomic E-state index is 0.0569. The summed E-state index contributed by atoms with van der Waals surface area (Å²) in [5.74, 6) is -0.201. The molecular formula is C47H94N10O14. The number of nitrogens with one attached hydrogen (secondary N) is 3. The van der Waals surface area contributed by atoms with Crippen LogP contribution in [-0.4, -0.2) is 278 Å². The second-order valence-corrected chi connectivity index (χ2v) is 17.8. The monoisotopic (exact) mass is 1020 g/mol. The van der Waals surface area contributed by atoms with Gasteiger partial charge in [-0.15, -0.1) is 0 Å². The average Bonchev–Trinajstić information content (AvgIpc) is 3.32. The molecule has 1 aliphatic rings. The molecule has 1 saturated heterocycles. The van der Waals surface area contributed by atoms with Crippen LogP contribution in [0, 0.1) is 0 Å². The summed E-state index contributed by atoms with van der Waals surface area (Å²) in [7, 11) is 0. The number of nitrogens with two attached hydrogens (primary N) is 3. The van der Waals surface area contributed by atoms with Crippen LogP contribution in [0.1, 0.15) is 46.5 Å². The maximum absolute atomic E-state index is 13.4. The van der Waals surface area contributed by atoms with Crippen molar-refractivity contribution in [3.05, 3.63) is 0 Å². The maximum atomic E-state index is 13.4. The van der Waals surface area contributed by atoms with E-state index in [1.165, 1.54) is 0 Å². The highest BCUT2D eigenvalue weighted by Crippen LogP contribution is 2.07. The van der Waals surface area contributed by atoms with Gasteiger partial charge in [-0.2, -0.15) is 0 Å². The van der Waals surface area contributed by atoms with E-state index in [4.69, 9.17) is 59.8 Å². The van der Waals surface area contributed by atoms with E-state index in [-0.39, 0.29) is 49.6 Å². The number of ketones is 2. The first-order chi connectivity index (χ1) is 34.3. The van der Waals surface area contributed by atoms with Crippen LogP contribution in [0.25, 0.3) is 0 Å². The molecule has 1 aliphatic heterocycles. The van der Waals surface area contributed by atoms with Crippen molar-refractivity contribution in [2.24, 2.45) is 17.2 Å². The Bertz CT molecular complexity index is 1310. The highest BCUT2D eigenvalue weighted by atomic mass is 16.6. The van der Waals surface area contributed by atoms with Crippen LogP contribution in [0.5, 0.6) is 0 Å². The minimum Gasteiger partial charge on any atom is -0.444 e. The molecule has 24 nitrogen and oxygen atoms in total. The molecule has 24 heteroatoms. The number of amides is 3. The predicted molar refractivity (Wildman–Crippen MR) is 268 cm³/mol. The molecule has 1 rings (SSSR count). The predicted octanol–water partition coefficient (Wildman–Crippen LogP) is -2.33. The molecule has 71 heavy (non-hydrogen) atoms. The summed E-state index contributed by atoms with van der Waals surface area (Å²) in [5, 5.41) is 8.52. The first-order valence-electron chi connectivity index (χ1n) is 25.5. The molecule has 0 radical (unpaired) electrons. The number of carbonyl (C=O) groups excluding carboxylic acids is 5. The van der Waals surface area contributed by atoms with Gasteiger partial charge in [0.2, 0.25) is 11.8 Å². The molecule has 1 heterocycles. The molecular weight excluding hydrogens is 929 g/mol. The Morgan fingerprint density at radius 3 is 0.986 bits per heavy atom. The van der Waals surface area contributed by atoms with E-state index in [2.05, 4.69) is 25.8 Å². The van der Waals surface area contributed by atoms with E-state index in [1.807, 2.05) is 9.80 Å². The minimum atomic E-state index is -0.574. The number of ether oxygens (including phenoxy) is 9. The van der Waals surface area contributed by atoms with Crippen LogP contribution < -0.4 is 33.2 Å². The van der Waals surface area contributed by atoms with E-state index in [0.29, 0.717) is 223 Å². The SMILES string of the molecule is CC(C)(C)OC(=O)NCCOCCOCCCC(=O)CN1CCN(CC(=O)CCCOCCOCCN)CCN(CC(=O)NCCOCCOCCN)CCN(CC(=O)NCCOCCOCCN)CC1. The van der Waals surface area contributed by atoms with Crippen LogP contribution in [0.4, 0.5) is 4.79 Å². The van der Waals surface area contributed by atoms with E-state index in [1.54, 1.807) is 20.8 Å². The molecule has 0 aromatic heterocycles.